The van der Waals surface area contributed by atoms with E-state index in [4.69, 9.17) is 14.2 Å². The van der Waals surface area contributed by atoms with Crippen LogP contribution in [0.1, 0.15) is 213 Å². The fourth-order valence-electron chi connectivity index (χ4n) is 6.85. The molecule has 0 rings (SSSR count). The Hall–Kier alpha value is -1.93. The second-order valence-corrected chi connectivity index (χ2v) is 16.7. The number of aliphatic carboxylic acids is 1. The lowest BCUT2D eigenvalue weighted by molar-refractivity contribution is -0.887. The highest BCUT2D eigenvalue weighted by Gasteiger charge is 2.31. The molecule has 0 aromatic heterocycles. The summed E-state index contributed by atoms with van der Waals surface area (Å²) < 4.78 is 17.3. The van der Waals surface area contributed by atoms with Gasteiger partial charge in [0.1, 0.15) is 6.61 Å². The van der Waals surface area contributed by atoms with Crippen molar-refractivity contribution in [2.75, 3.05) is 41.0 Å². The van der Waals surface area contributed by atoms with Crippen LogP contribution in [0.5, 0.6) is 0 Å². The van der Waals surface area contributed by atoms with E-state index in [9.17, 15) is 19.5 Å². The van der Waals surface area contributed by atoms with Crippen molar-refractivity contribution < 1.29 is 38.2 Å². The largest absolute Gasteiger partial charge is 0.477 e. The minimum Gasteiger partial charge on any atom is -0.477 e. The van der Waals surface area contributed by atoms with Crippen LogP contribution in [0.4, 0.5) is 0 Å². The number of rotatable bonds is 41. The number of quaternary nitrogens is 1. The predicted molar refractivity (Wildman–Crippen MR) is 225 cm³/mol. The van der Waals surface area contributed by atoms with E-state index >= 15 is 0 Å². The summed E-state index contributed by atoms with van der Waals surface area (Å²) >= 11 is 0. The molecule has 0 bridgehead atoms. The summed E-state index contributed by atoms with van der Waals surface area (Å²) in [6.07, 6.45) is 39.6. The van der Waals surface area contributed by atoms with Crippen LogP contribution in [-0.2, 0) is 28.6 Å². The molecule has 8 heteroatoms. The van der Waals surface area contributed by atoms with E-state index in [1.54, 1.807) is 0 Å². The molecule has 0 aliphatic rings. The van der Waals surface area contributed by atoms with Gasteiger partial charge < -0.3 is 23.8 Å². The number of carbonyl (C=O) groups is 3. The predicted octanol–water partition coefficient (Wildman–Crippen LogP) is 12.3. The Morgan fingerprint density at radius 2 is 0.926 bits per heavy atom. The molecule has 0 aromatic rings. The number of hydrogen-bond acceptors (Lipinski definition) is 6. The zero-order valence-corrected chi connectivity index (χ0v) is 36.2. The van der Waals surface area contributed by atoms with Crippen molar-refractivity contribution in [3.05, 3.63) is 12.2 Å². The number of likely N-dealkylation sites (N-methyl/N-ethyl adjacent to an activating group) is 1. The molecular weight excluding hydrogens is 679 g/mol. The molecule has 0 aromatic carbocycles. The standard InChI is InChI=1S/C46H87NO7/c1-6-8-10-12-14-16-18-20-22-23-25-26-28-30-32-34-36-44(48)53-41-42(40-52-39-38-43(46(50)51)47(3,4)5)54-45(49)37-35-33-31-29-27-24-21-19-17-15-13-11-9-7-2/h19,21,42-43H,6-18,20,22-41H2,1-5H3/p+1/b21-19-. The average Bonchev–Trinajstić information content (AvgIpc) is 3.12. The van der Waals surface area contributed by atoms with Gasteiger partial charge in [-0.05, 0) is 38.5 Å². The molecule has 8 nitrogen and oxygen atoms in total. The SMILES string of the molecule is CCCCCCC/C=C\CCCCCCCC(=O)OC(COCCC(C(=O)O)[N+](C)(C)C)COC(=O)CCCCCCCCCCCCCCCCCC. The van der Waals surface area contributed by atoms with Gasteiger partial charge in [0.2, 0.25) is 0 Å². The molecule has 2 unspecified atom stereocenters. The normalized spacial score (nSPS) is 13.0. The van der Waals surface area contributed by atoms with Crippen molar-refractivity contribution in [3.8, 4) is 0 Å². The smallest absolute Gasteiger partial charge is 0.362 e. The molecule has 0 aliphatic carbocycles. The summed E-state index contributed by atoms with van der Waals surface area (Å²) in [7, 11) is 5.53. The highest BCUT2D eigenvalue weighted by Crippen LogP contribution is 2.15. The molecule has 0 spiro atoms. The van der Waals surface area contributed by atoms with Crippen LogP contribution in [0.3, 0.4) is 0 Å². The Balaban J connectivity index is 4.30. The maximum Gasteiger partial charge on any atom is 0.362 e. The van der Waals surface area contributed by atoms with Gasteiger partial charge >= 0.3 is 17.9 Å². The number of nitrogens with zero attached hydrogens (tertiary/aromatic N) is 1. The van der Waals surface area contributed by atoms with Crippen LogP contribution in [-0.4, -0.2) is 80.6 Å². The molecule has 0 amide bonds. The number of ether oxygens (including phenoxy) is 3. The van der Waals surface area contributed by atoms with Crippen LogP contribution in [0.15, 0.2) is 12.2 Å². The van der Waals surface area contributed by atoms with E-state index in [0.717, 1.165) is 51.4 Å². The van der Waals surface area contributed by atoms with E-state index in [1.807, 2.05) is 21.1 Å². The van der Waals surface area contributed by atoms with Crippen LogP contribution in [0.25, 0.3) is 0 Å². The third-order valence-corrected chi connectivity index (χ3v) is 10.4. The van der Waals surface area contributed by atoms with Crippen molar-refractivity contribution in [3.63, 3.8) is 0 Å². The second-order valence-electron chi connectivity index (χ2n) is 16.7. The number of allylic oxidation sites excluding steroid dienone is 2. The number of carbonyl (C=O) groups excluding carboxylic acids is 2. The minimum absolute atomic E-state index is 0.0482. The van der Waals surface area contributed by atoms with Gasteiger partial charge in [-0.2, -0.15) is 0 Å². The molecule has 0 saturated heterocycles. The zero-order chi connectivity index (χ0) is 40.0. The lowest BCUT2D eigenvalue weighted by Gasteiger charge is -2.31. The molecule has 0 saturated carbocycles. The van der Waals surface area contributed by atoms with Gasteiger partial charge in [0, 0.05) is 19.3 Å². The summed E-state index contributed by atoms with van der Waals surface area (Å²) in [6, 6.07) is -0.611. The Bertz CT molecular complexity index is 900. The zero-order valence-electron chi connectivity index (χ0n) is 36.2. The number of carboxylic acid groups (broad SMARTS) is 1. The summed E-state index contributed by atoms with van der Waals surface area (Å²) in [5.41, 5.74) is 0. The molecular formula is C46H88NO7+. The van der Waals surface area contributed by atoms with Crippen molar-refractivity contribution in [2.45, 2.75) is 225 Å². The summed E-state index contributed by atoms with van der Waals surface area (Å²) in [5, 5.41) is 9.62. The topological polar surface area (TPSA) is 99.1 Å². The van der Waals surface area contributed by atoms with E-state index in [-0.39, 0.29) is 36.2 Å². The first-order chi connectivity index (χ1) is 26.1. The third kappa shape index (κ3) is 35.8. The quantitative estimate of drug-likeness (QED) is 0.0286. The van der Waals surface area contributed by atoms with Crippen LogP contribution in [0, 0.1) is 0 Å². The van der Waals surface area contributed by atoms with Gasteiger partial charge in [-0.15, -0.1) is 0 Å². The number of unbranched alkanes of at least 4 members (excludes halogenated alkanes) is 25. The number of esters is 2. The minimum atomic E-state index is -0.873. The molecule has 0 fully saturated rings. The second kappa shape index (κ2) is 38.0. The molecule has 0 radical (unpaired) electrons. The van der Waals surface area contributed by atoms with E-state index in [2.05, 4.69) is 26.0 Å². The van der Waals surface area contributed by atoms with Gasteiger partial charge in [0.15, 0.2) is 12.1 Å². The highest BCUT2D eigenvalue weighted by atomic mass is 16.6. The number of hydrogen-bond donors (Lipinski definition) is 1. The summed E-state index contributed by atoms with van der Waals surface area (Å²) in [6.45, 7) is 4.74. The molecule has 318 valence electrons. The van der Waals surface area contributed by atoms with Crippen LogP contribution in [0.2, 0.25) is 0 Å². The Kier molecular flexibility index (Phi) is 36.6. The van der Waals surface area contributed by atoms with Gasteiger partial charge in [-0.1, -0.05) is 167 Å². The summed E-state index contributed by atoms with van der Waals surface area (Å²) in [5.74, 6) is -1.46. The van der Waals surface area contributed by atoms with Crippen molar-refractivity contribution in [1.29, 1.82) is 0 Å². The highest BCUT2D eigenvalue weighted by molar-refractivity contribution is 5.72. The third-order valence-electron chi connectivity index (χ3n) is 10.4. The van der Waals surface area contributed by atoms with Crippen LogP contribution < -0.4 is 0 Å². The molecule has 0 aliphatic heterocycles. The van der Waals surface area contributed by atoms with Crippen LogP contribution >= 0.6 is 0 Å². The fourth-order valence-corrected chi connectivity index (χ4v) is 6.85. The molecule has 0 heterocycles. The summed E-state index contributed by atoms with van der Waals surface area (Å²) in [4.78, 5) is 37.0. The monoisotopic (exact) mass is 767 g/mol. The van der Waals surface area contributed by atoms with Crippen molar-refractivity contribution >= 4 is 17.9 Å². The average molecular weight is 767 g/mol. The number of carboxylic acids is 1. The van der Waals surface area contributed by atoms with E-state index < -0.39 is 18.1 Å². The van der Waals surface area contributed by atoms with Gasteiger partial charge in [0.25, 0.3) is 0 Å². The van der Waals surface area contributed by atoms with Crippen molar-refractivity contribution in [1.82, 2.24) is 0 Å². The van der Waals surface area contributed by atoms with Gasteiger partial charge in [0.05, 0.1) is 34.4 Å². The van der Waals surface area contributed by atoms with E-state index in [1.165, 1.54) is 128 Å². The van der Waals surface area contributed by atoms with Gasteiger partial charge in [-0.25, -0.2) is 4.79 Å². The van der Waals surface area contributed by atoms with Gasteiger partial charge in [-0.3, -0.25) is 9.59 Å². The first kappa shape index (κ1) is 52.1. The molecule has 54 heavy (non-hydrogen) atoms. The van der Waals surface area contributed by atoms with Crippen molar-refractivity contribution in [2.24, 2.45) is 0 Å². The Morgan fingerprint density at radius 3 is 1.33 bits per heavy atom. The Labute approximate surface area is 333 Å². The van der Waals surface area contributed by atoms with E-state index in [0.29, 0.717) is 19.3 Å². The first-order valence-corrected chi connectivity index (χ1v) is 22.7. The first-order valence-electron chi connectivity index (χ1n) is 22.7. The molecule has 2 atom stereocenters. The lowest BCUT2D eigenvalue weighted by Crippen LogP contribution is -2.50. The lowest BCUT2D eigenvalue weighted by atomic mass is 10.0. The maximum absolute atomic E-state index is 12.7. The maximum atomic E-state index is 12.7. The molecule has 1 N–H and O–H groups in total. The Morgan fingerprint density at radius 1 is 0.537 bits per heavy atom. The fraction of sp³-hybridized carbons (Fsp3) is 0.891.